The number of nitrogens with one attached hydrogen (secondary N) is 1. The summed E-state index contributed by atoms with van der Waals surface area (Å²) >= 11 is 0. The number of ether oxygens (including phenoxy) is 2. The van der Waals surface area contributed by atoms with Gasteiger partial charge >= 0.3 is 0 Å². The van der Waals surface area contributed by atoms with Gasteiger partial charge in [-0.2, -0.15) is 4.98 Å². The zero-order valence-corrected chi connectivity index (χ0v) is 22.1. The number of nitrogens with zero attached hydrogens (tertiary/aromatic N) is 3. The Morgan fingerprint density at radius 3 is 2.39 bits per heavy atom. The third-order valence-electron chi connectivity index (χ3n) is 7.07. The first-order valence-electron chi connectivity index (χ1n) is 12.3. The van der Waals surface area contributed by atoms with Crippen molar-refractivity contribution in [2.75, 3.05) is 19.5 Å². The topological polar surface area (TPSA) is 78.3 Å². The Balaban J connectivity index is 1.68. The van der Waals surface area contributed by atoms with Crippen LogP contribution in [0, 0.1) is 5.41 Å². The van der Waals surface area contributed by atoms with Gasteiger partial charge in [-0.15, -0.1) is 5.10 Å². The molecule has 7 nitrogen and oxygen atoms in total. The lowest BCUT2D eigenvalue weighted by atomic mass is 9.73. The van der Waals surface area contributed by atoms with E-state index in [4.69, 9.17) is 19.6 Å². The molecule has 0 saturated heterocycles. The van der Waals surface area contributed by atoms with Crippen LogP contribution in [0.15, 0.2) is 53.7 Å². The Bertz CT molecular complexity index is 1360. The van der Waals surface area contributed by atoms with Crippen LogP contribution < -0.4 is 14.8 Å². The predicted octanol–water partition coefficient (Wildman–Crippen LogP) is 5.92. The molecule has 1 aliphatic heterocycles. The van der Waals surface area contributed by atoms with E-state index < -0.39 is 6.04 Å². The molecular formula is C29H34N4O3. The van der Waals surface area contributed by atoms with Crippen LogP contribution in [0.25, 0.3) is 11.4 Å². The van der Waals surface area contributed by atoms with Gasteiger partial charge in [0.25, 0.3) is 0 Å². The SMILES string of the molecule is COc1cccc(C2C3=C(CC(C)(C)CC3=O)Nc3nc(-c4ccc(C(C)(C)C)cc4)nn32)c1OC. The molecule has 0 spiro atoms. The highest BCUT2D eigenvalue weighted by atomic mass is 16.5. The normalized spacial score (nSPS) is 18.9. The number of hydrogen-bond donors (Lipinski definition) is 1. The lowest BCUT2D eigenvalue weighted by Crippen LogP contribution is -2.36. The summed E-state index contributed by atoms with van der Waals surface area (Å²) in [6, 6.07) is 13.6. The number of methoxy groups -OCH3 is 2. The average molecular weight is 487 g/mol. The summed E-state index contributed by atoms with van der Waals surface area (Å²) in [6.45, 7) is 10.8. The van der Waals surface area contributed by atoms with Gasteiger partial charge in [-0.25, -0.2) is 4.68 Å². The summed E-state index contributed by atoms with van der Waals surface area (Å²) in [6.07, 6.45) is 1.22. The second-order valence-corrected chi connectivity index (χ2v) is 11.5. The van der Waals surface area contributed by atoms with Gasteiger partial charge in [-0.05, 0) is 28.9 Å². The first-order valence-corrected chi connectivity index (χ1v) is 12.3. The summed E-state index contributed by atoms with van der Waals surface area (Å²) in [5.74, 6) is 2.54. The minimum atomic E-state index is -0.472. The maximum Gasteiger partial charge on any atom is 0.226 e. The molecule has 0 fully saturated rings. The van der Waals surface area contributed by atoms with Crippen LogP contribution >= 0.6 is 0 Å². The fourth-order valence-corrected chi connectivity index (χ4v) is 5.27. The molecule has 3 aromatic rings. The molecular weight excluding hydrogens is 452 g/mol. The van der Waals surface area contributed by atoms with E-state index in [9.17, 15) is 4.79 Å². The molecule has 0 saturated carbocycles. The molecule has 1 aliphatic carbocycles. The molecule has 7 heteroatoms. The zero-order chi connectivity index (χ0) is 25.8. The number of allylic oxidation sites excluding steroid dienone is 2. The first-order chi connectivity index (χ1) is 17.0. The van der Waals surface area contributed by atoms with E-state index in [0.717, 1.165) is 23.2 Å². The fourth-order valence-electron chi connectivity index (χ4n) is 5.27. The average Bonchev–Trinajstić information content (AvgIpc) is 3.24. The molecule has 1 unspecified atom stereocenters. The highest BCUT2D eigenvalue weighted by molar-refractivity contribution is 6.00. The standard InChI is InChI=1S/C29H34N4O3/c1-28(2,3)18-13-11-17(12-14-18)26-31-27-30-20-15-29(4,5)16-21(34)23(20)24(33(27)32-26)19-9-8-10-22(35-6)25(19)36-7/h8-14,24H,15-16H2,1-7H3,(H,30,31,32). The zero-order valence-electron chi connectivity index (χ0n) is 22.1. The summed E-state index contributed by atoms with van der Waals surface area (Å²) in [4.78, 5) is 18.4. The fraction of sp³-hybridized carbons (Fsp3) is 0.414. The predicted molar refractivity (Wildman–Crippen MR) is 141 cm³/mol. The summed E-state index contributed by atoms with van der Waals surface area (Å²) in [7, 11) is 3.23. The van der Waals surface area contributed by atoms with Gasteiger partial charge in [0.2, 0.25) is 5.95 Å². The summed E-state index contributed by atoms with van der Waals surface area (Å²) in [5, 5.41) is 8.38. The molecule has 0 amide bonds. The maximum absolute atomic E-state index is 13.6. The summed E-state index contributed by atoms with van der Waals surface area (Å²) in [5.41, 5.74) is 4.53. The van der Waals surface area contributed by atoms with Gasteiger partial charge in [0, 0.05) is 28.8 Å². The van der Waals surface area contributed by atoms with Gasteiger partial charge in [-0.3, -0.25) is 4.79 Å². The van der Waals surface area contributed by atoms with Crippen molar-refractivity contribution in [2.45, 2.75) is 58.9 Å². The van der Waals surface area contributed by atoms with Crippen molar-refractivity contribution in [3.63, 3.8) is 0 Å². The first kappa shape index (κ1) is 24.1. The van der Waals surface area contributed by atoms with Gasteiger partial charge in [-0.1, -0.05) is 71.0 Å². The van der Waals surface area contributed by atoms with E-state index in [-0.39, 0.29) is 16.6 Å². The highest BCUT2D eigenvalue weighted by Crippen LogP contribution is 2.48. The number of carbonyl (C=O) groups is 1. The molecule has 2 heterocycles. The van der Waals surface area contributed by atoms with Crippen LogP contribution in [0.4, 0.5) is 5.95 Å². The van der Waals surface area contributed by atoms with E-state index in [2.05, 4.69) is 64.2 Å². The number of carbonyl (C=O) groups excluding carboxylic acids is 1. The van der Waals surface area contributed by atoms with Gasteiger partial charge < -0.3 is 14.8 Å². The largest absolute Gasteiger partial charge is 0.493 e. The number of benzene rings is 2. The van der Waals surface area contributed by atoms with E-state index in [1.54, 1.807) is 14.2 Å². The van der Waals surface area contributed by atoms with Crippen molar-refractivity contribution in [1.29, 1.82) is 0 Å². The van der Waals surface area contributed by atoms with Crippen LogP contribution in [0.5, 0.6) is 11.5 Å². The van der Waals surface area contributed by atoms with Crippen molar-refractivity contribution in [3.8, 4) is 22.9 Å². The van der Waals surface area contributed by atoms with E-state index in [1.165, 1.54) is 5.56 Å². The Hall–Kier alpha value is -3.61. The second kappa shape index (κ2) is 8.50. The number of ketones is 1. The van der Waals surface area contributed by atoms with Crippen LogP contribution in [-0.4, -0.2) is 34.8 Å². The Morgan fingerprint density at radius 2 is 1.75 bits per heavy atom. The minimum absolute atomic E-state index is 0.0606. The summed E-state index contributed by atoms with van der Waals surface area (Å²) < 4.78 is 13.2. The van der Waals surface area contributed by atoms with Gasteiger partial charge in [0.1, 0.15) is 6.04 Å². The number of rotatable bonds is 4. The van der Waals surface area contributed by atoms with Crippen molar-refractivity contribution >= 4 is 11.7 Å². The third-order valence-corrected chi connectivity index (χ3v) is 7.07. The Labute approximate surface area is 212 Å². The molecule has 36 heavy (non-hydrogen) atoms. The molecule has 1 N–H and O–H groups in total. The molecule has 2 aromatic carbocycles. The smallest absolute Gasteiger partial charge is 0.226 e. The number of Topliss-reactive ketones (excluding diaryl/α,β-unsaturated/α-hetero) is 1. The molecule has 0 radical (unpaired) electrons. The Kier molecular flexibility index (Phi) is 5.69. The second-order valence-electron chi connectivity index (χ2n) is 11.5. The van der Waals surface area contributed by atoms with E-state index >= 15 is 0 Å². The lowest BCUT2D eigenvalue weighted by Gasteiger charge is -2.38. The van der Waals surface area contributed by atoms with Crippen LogP contribution in [0.1, 0.15) is 64.6 Å². The molecule has 2 aliphatic rings. The number of hydrogen-bond acceptors (Lipinski definition) is 6. The quantitative estimate of drug-likeness (QED) is 0.493. The van der Waals surface area contributed by atoms with E-state index in [0.29, 0.717) is 35.3 Å². The minimum Gasteiger partial charge on any atom is -0.493 e. The van der Waals surface area contributed by atoms with E-state index in [1.807, 2.05) is 22.9 Å². The van der Waals surface area contributed by atoms with Crippen LogP contribution in [0.2, 0.25) is 0 Å². The third kappa shape index (κ3) is 4.06. The van der Waals surface area contributed by atoms with Crippen molar-refractivity contribution in [1.82, 2.24) is 14.8 Å². The number of para-hydroxylation sites is 1. The Morgan fingerprint density at radius 1 is 1.03 bits per heavy atom. The maximum atomic E-state index is 13.6. The molecule has 5 rings (SSSR count). The van der Waals surface area contributed by atoms with Crippen molar-refractivity contribution in [3.05, 3.63) is 64.9 Å². The van der Waals surface area contributed by atoms with Crippen molar-refractivity contribution < 1.29 is 14.3 Å². The number of aromatic nitrogens is 3. The van der Waals surface area contributed by atoms with Crippen molar-refractivity contribution in [2.24, 2.45) is 5.41 Å². The number of fused-ring (bicyclic) bond motifs is 1. The van der Waals surface area contributed by atoms with Crippen LogP contribution in [-0.2, 0) is 10.2 Å². The van der Waals surface area contributed by atoms with Gasteiger partial charge in [0.15, 0.2) is 23.1 Å². The number of anilines is 1. The molecule has 188 valence electrons. The molecule has 1 aromatic heterocycles. The monoisotopic (exact) mass is 486 g/mol. The van der Waals surface area contributed by atoms with Gasteiger partial charge in [0.05, 0.1) is 14.2 Å². The van der Waals surface area contributed by atoms with Crippen LogP contribution in [0.3, 0.4) is 0 Å². The molecule has 1 atom stereocenters. The highest BCUT2D eigenvalue weighted by Gasteiger charge is 2.43. The molecule has 0 bridgehead atoms. The lowest BCUT2D eigenvalue weighted by molar-refractivity contribution is -0.118.